The summed E-state index contributed by atoms with van der Waals surface area (Å²) in [4.78, 5) is 11.0. The lowest BCUT2D eigenvalue weighted by Crippen LogP contribution is -2.06. The van der Waals surface area contributed by atoms with Gasteiger partial charge in [0.25, 0.3) is 0 Å². The summed E-state index contributed by atoms with van der Waals surface area (Å²) in [5, 5.41) is 0. The first kappa shape index (κ1) is 11.6. The van der Waals surface area contributed by atoms with Crippen LogP contribution in [-0.4, -0.2) is 26.2 Å². The summed E-state index contributed by atoms with van der Waals surface area (Å²) >= 11 is 0. The van der Waals surface area contributed by atoms with Crippen molar-refractivity contribution in [1.82, 2.24) is 0 Å². The molecule has 0 atom stereocenters. The topological polar surface area (TPSA) is 52.6 Å². The van der Waals surface area contributed by atoms with E-state index in [0.29, 0.717) is 0 Å². The molecule has 0 N–H and O–H groups in total. The Balaban J connectivity index is 4.12. The molecule has 0 fully saturated rings. The predicted octanol–water partition coefficient (Wildman–Crippen LogP) is 1.62. The first-order valence-electron chi connectivity index (χ1n) is 3.41. The number of rotatable bonds is 6. The fraction of sp³-hybridized carbons (Fsp3) is 0.571. The molecule has 4 nitrogen and oxygen atoms in total. The Bertz CT molecular complexity index is 203. The van der Waals surface area contributed by atoms with Gasteiger partial charge in [0.15, 0.2) is 0 Å². The summed E-state index contributed by atoms with van der Waals surface area (Å²) in [5.74, 6) is -0.197. The minimum atomic E-state index is -3.16. The number of hydrogen-bond donors (Lipinski definition) is 0. The molecule has 0 aromatic rings. The fourth-order valence-corrected chi connectivity index (χ4v) is 1.61. The molecular formula is C7H13O4P. The van der Waals surface area contributed by atoms with Crippen LogP contribution in [0.25, 0.3) is 0 Å². The zero-order valence-electron chi connectivity index (χ0n) is 7.28. The van der Waals surface area contributed by atoms with Crippen molar-refractivity contribution in [3.8, 4) is 0 Å². The minimum Gasteiger partial charge on any atom is -0.312 e. The smallest absolute Gasteiger partial charge is 0.312 e. The molecule has 12 heavy (non-hydrogen) atoms. The first-order chi connectivity index (χ1) is 5.58. The highest BCUT2D eigenvalue weighted by Gasteiger charge is 2.24. The molecule has 0 saturated carbocycles. The van der Waals surface area contributed by atoms with Gasteiger partial charge in [-0.25, -0.2) is 0 Å². The van der Waals surface area contributed by atoms with Crippen LogP contribution < -0.4 is 0 Å². The van der Waals surface area contributed by atoms with Crippen molar-refractivity contribution in [2.75, 3.05) is 20.4 Å². The molecule has 0 spiro atoms. The van der Waals surface area contributed by atoms with Crippen LogP contribution in [0, 0.1) is 0 Å². The highest BCUT2D eigenvalue weighted by molar-refractivity contribution is 7.54. The van der Waals surface area contributed by atoms with E-state index in [2.05, 4.69) is 15.6 Å². The molecule has 0 aliphatic rings. The van der Waals surface area contributed by atoms with E-state index in [-0.39, 0.29) is 18.4 Å². The lowest BCUT2D eigenvalue weighted by molar-refractivity contribution is -0.116. The molecule has 0 aliphatic carbocycles. The maximum absolute atomic E-state index is 11.3. The van der Waals surface area contributed by atoms with E-state index in [0.717, 1.165) is 0 Å². The monoisotopic (exact) mass is 192 g/mol. The van der Waals surface area contributed by atoms with Crippen molar-refractivity contribution in [2.24, 2.45) is 0 Å². The molecule has 70 valence electrons. The second kappa shape index (κ2) is 5.25. The van der Waals surface area contributed by atoms with Crippen molar-refractivity contribution in [3.63, 3.8) is 0 Å². The van der Waals surface area contributed by atoms with Crippen LogP contribution in [0.2, 0.25) is 0 Å². The van der Waals surface area contributed by atoms with Gasteiger partial charge in [-0.3, -0.25) is 9.36 Å². The Kier molecular flexibility index (Phi) is 5.06. The number of carbonyl (C=O) groups excluding carboxylic acids is 1. The van der Waals surface area contributed by atoms with E-state index < -0.39 is 7.60 Å². The van der Waals surface area contributed by atoms with Gasteiger partial charge in [0.1, 0.15) is 11.9 Å². The fourth-order valence-electron chi connectivity index (χ4n) is 0.645. The van der Waals surface area contributed by atoms with E-state index in [1.54, 1.807) is 0 Å². The lowest BCUT2D eigenvalue weighted by Gasteiger charge is -2.11. The normalized spacial score (nSPS) is 11.2. The standard InChI is InChI=1S/C7H13O4P/c1-4-5-7(8)6-12(9,10-2)11-3/h4H,1,5-6H2,2-3H3. The zero-order chi connectivity index (χ0) is 9.61. The van der Waals surface area contributed by atoms with Gasteiger partial charge in [0.05, 0.1) is 0 Å². The third-order valence-electron chi connectivity index (χ3n) is 1.30. The van der Waals surface area contributed by atoms with Gasteiger partial charge in [-0.15, -0.1) is 6.58 Å². The molecule has 0 radical (unpaired) electrons. The molecule has 0 saturated heterocycles. The maximum atomic E-state index is 11.3. The van der Waals surface area contributed by atoms with Gasteiger partial charge in [-0.1, -0.05) is 6.08 Å². The SMILES string of the molecule is C=CCC(=O)CP(=O)(OC)OC. The Morgan fingerprint density at radius 3 is 2.33 bits per heavy atom. The van der Waals surface area contributed by atoms with E-state index in [4.69, 9.17) is 0 Å². The predicted molar refractivity (Wildman–Crippen MR) is 46.3 cm³/mol. The number of carbonyl (C=O) groups is 1. The quantitative estimate of drug-likeness (QED) is 0.474. The van der Waals surface area contributed by atoms with Gasteiger partial charge >= 0.3 is 7.60 Å². The average Bonchev–Trinajstić information content (AvgIpc) is 2.05. The second-order valence-electron chi connectivity index (χ2n) is 2.17. The van der Waals surface area contributed by atoms with Gasteiger partial charge in [-0.2, -0.15) is 0 Å². The van der Waals surface area contributed by atoms with E-state index in [1.807, 2.05) is 0 Å². The van der Waals surface area contributed by atoms with Gasteiger partial charge < -0.3 is 9.05 Å². The molecule has 0 aliphatic heterocycles. The van der Waals surface area contributed by atoms with Crippen LogP contribution >= 0.6 is 7.60 Å². The molecular weight excluding hydrogens is 179 g/mol. The Morgan fingerprint density at radius 2 is 2.00 bits per heavy atom. The first-order valence-corrected chi connectivity index (χ1v) is 5.14. The second-order valence-corrected chi connectivity index (χ2v) is 4.43. The number of allylic oxidation sites excluding steroid dienone is 1. The number of hydrogen-bond acceptors (Lipinski definition) is 4. The summed E-state index contributed by atoms with van der Waals surface area (Å²) in [6, 6.07) is 0. The van der Waals surface area contributed by atoms with Crippen LogP contribution in [0.15, 0.2) is 12.7 Å². The Morgan fingerprint density at radius 1 is 1.50 bits per heavy atom. The molecule has 0 heterocycles. The minimum absolute atomic E-state index is 0.188. The molecule has 0 aromatic carbocycles. The Hall–Kier alpha value is -0.440. The van der Waals surface area contributed by atoms with Gasteiger partial charge in [0, 0.05) is 20.6 Å². The molecule has 0 amide bonds. The summed E-state index contributed by atoms with van der Waals surface area (Å²) < 4.78 is 20.5. The lowest BCUT2D eigenvalue weighted by atomic mass is 10.3. The highest BCUT2D eigenvalue weighted by atomic mass is 31.2. The van der Waals surface area contributed by atoms with Crippen molar-refractivity contribution >= 4 is 13.4 Å². The maximum Gasteiger partial charge on any atom is 0.337 e. The number of Topliss-reactive ketones (excluding diaryl/α,β-unsaturated/α-hetero) is 1. The van der Waals surface area contributed by atoms with Crippen LogP contribution in [0.3, 0.4) is 0 Å². The molecule has 0 bridgehead atoms. The summed E-state index contributed by atoms with van der Waals surface area (Å²) in [5.41, 5.74) is 0. The average molecular weight is 192 g/mol. The molecule has 0 unspecified atom stereocenters. The number of ketones is 1. The summed E-state index contributed by atoms with van der Waals surface area (Å²) in [7, 11) is -0.653. The molecule has 5 heteroatoms. The summed E-state index contributed by atoms with van der Waals surface area (Å²) in [6.45, 7) is 3.39. The zero-order valence-corrected chi connectivity index (χ0v) is 8.17. The van der Waals surface area contributed by atoms with Crippen molar-refractivity contribution in [3.05, 3.63) is 12.7 Å². The van der Waals surface area contributed by atoms with E-state index in [9.17, 15) is 9.36 Å². The van der Waals surface area contributed by atoms with E-state index >= 15 is 0 Å². The molecule has 0 rings (SSSR count). The van der Waals surface area contributed by atoms with Gasteiger partial charge in [0.2, 0.25) is 0 Å². The highest BCUT2D eigenvalue weighted by Crippen LogP contribution is 2.46. The van der Waals surface area contributed by atoms with E-state index in [1.165, 1.54) is 20.3 Å². The van der Waals surface area contributed by atoms with Crippen molar-refractivity contribution < 1.29 is 18.4 Å². The molecule has 0 aromatic heterocycles. The van der Waals surface area contributed by atoms with Crippen LogP contribution in [-0.2, 0) is 18.4 Å². The largest absolute Gasteiger partial charge is 0.337 e. The van der Waals surface area contributed by atoms with Crippen LogP contribution in [0.5, 0.6) is 0 Å². The van der Waals surface area contributed by atoms with Crippen LogP contribution in [0.4, 0.5) is 0 Å². The van der Waals surface area contributed by atoms with Crippen molar-refractivity contribution in [1.29, 1.82) is 0 Å². The summed E-state index contributed by atoms with van der Waals surface area (Å²) in [6.07, 6.45) is 1.46. The third-order valence-corrected chi connectivity index (χ3v) is 3.15. The third kappa shape index (κ3) is 3.81. The van der Waals surface area contributed by atoms with Crippen LogP contribution in [0.1, 0.15) is 6.42 Å². The van der Waals surface area contributed by atoms with Gasteiger partial charge in [-0.05, 0) is 0 Å². The van der Waals surface area contributed by atoms with Crippen molar-refractivity contribution in [2.45, 2.75) is 6.42 Å². The Labute approximate surface area is 72.1 Å².